The zero-order chi connectivity index (χ0) is 17.2. The fourth-order valence-corrected chi connectivity index (χ4v) is 2.66. The fraction of sp³-hybridized carbons (Fsp3) is 0.400. The van der Waals surface area contributed by atoms with Crippen LogP contribution in [0.5, 0.6) is 5.75 Å². The standard InChI is InChI=1S/C20H25BO3/c1-19(2)20(3,4)24-21(23-19)17-11-8-12-18(15-17)22-14-13-16-9-6-5-7-10-16/h5-12,15H,13-14H2,1-4H3. The molecule has 0 spiro atoms. The summed E-state index contributed by atoms with van der Waals surface area (Å²) >= 11 is 0. The van der Waals surface area contributed by atoms with E-state index in [0.29, 0.717) is 6.61 Å². The van der Waals surface area contributed by atoms with Crippen molar-refractivity contribution in [1.82, 2.24) is 0 Å². The van der Waals surface area contributed by atoms with Crippen molar-refractivity contribution in [2.24, 2.45) is 0 Å². The molecule has 0 aromatic heterocycles. The molecule has 0 radical (unpaired) electrons. The first-order chi connectivity index (χ1) is 11.4. The second kappa shape index (κ2) is 6.62. The molecule has 4 heteroatoms. The van der Waals surface area contributed by atoms with Crippen LogP contribution < -0.4 is 10.2 Å². The molecular weight excluding hydrogens is 299 g/mol. The van der Waals surface area contributed by atoms with Crippen LogP contribution in [0.3, 0.4) is 0 Å². The number of hydrogen-bond acceptors (Lipinski definition) is 3. The van der Waals surface area contributed by atoms with E-state index in [1.807, 2.05) is 42.5 Å². The van der Waals surface area contributed by atoms with Gasteiger partial charge in [0.2, 0.25) is 0 Å². The van der Waals surface area contributed by atoms with Crippen LogP contribution in [0.15, 0.2) is 54.6 Å². The molecule has 1 saturated heterocycles. The minimum atomic E-state index is -0.354. The summed E-state index contributed by atoms with van der Waals surface area (Å²) in [6.07, 6.45) is 0.890. The lowest BCUT2D eigenvalue weighted by Crippen LogP contribution is -2.41. The first-order valence-corrected chi connectivity index (χ1v) is 8.50. The summed E-state index contributed by atoms with van der Waals surface area (Å²) in [6, 6.07) is 18.3. The van der Waals surface area contributed by atoms with E-state index in [2.05, 4.69) is 39.8 Å². The van der Waals surface area contributed by atoms with E-state index in [-0.39, 0.29) is 18.3 Å². The van der Waals surface area contributed by atoms with Gasteiger partial charge in [0.15, 0.2) is 0 Å². The Bertz CT molecular complexity index is 666. The van der Waals surface area contributed by atoms with Crippen molar-refractivity contribution in [2.45, 2.75) is 45.3 Å². The average molecular weight is 324 g/mol. The Balaban J connectivity index is 1.63. The molecule has 1 heterocycles. The smallest absolute Gasteiger partial charge is 0.493 e. The second-order valence-electron chi connectivity index (χ2n) is 7.24. The van der Waals surface area contributed by atoms with E-state index < -0.39 is 0 Å². The van der Waals surface area contributed by atoms with Crippen LogP contribution >= 0.6 is 0 Å². The molecule has 1 aliphatic rings. The lowest BCUT2D eigenvalue weighted by Gasteiger charge is -2.32. The van der Waals surface area contributed by atoms with Crippen molar-refractivity contribution in [1.29, 1.82) is 0 Å². The van der Waals surface area contributed by atoms with E-state index in [0.717, 1.165) is 17.6 Å². The molecule has 0 N–H and O–H groups in total. The quantitative estimate of drug-likeness (QED) is 0.787. The van der Waals surface area contributed by atoms with Crippen LogP contribution in [0, 0.1) is 0 Å². The van der Waals surface area contributed by atoms with E-state index in [1.165, 1.54) is 5.56 Å². The molecule has 3 nitrogen and oxygen atoms in total. The lowest BCUT2D eigenvalue weighted by atomic mass is 9.79. The summed E-state index contributed by atoms with van der Waals surface area (Å²) < 4.78 is 18.1. The predicted octanol–water partition coefficient (Wildman–Crippen LogP) is 3.61. The van der Waals surface area contributed by atoms with Gasteiger partial charge in [-0.1, -0.05) is 42.5 Å². The maximum Gasteiger partial charge on any atom is 0.494 e. The largest absolute Gasteiger partial charge is 0.494 e. The number of benzene rings is 2. The van der Waals surface area contributed by atoms with E-state index in [4.69, 9.17) is 14.0 Å². The Hall–Kier alpha value is -1.78. The second-order valence-corrected chi connectivity index (χ2v) is 7.24. The maximum atomic E-state index is 6.10. The molecule has 24 heavy (non-hydrogen) atoms. The van der Waals surface area contributed by atoms with Crippen LogP contribution in [0.1, 0.15) is 33.3 Å². The minimum absolute atomic E-state index is 0.332. The summed E-state index contributed by atoms with van der Waals surface area (Å²) in [5.74, 6) is 0.846. The Morgan fingerprint density at radius 2 is 1.54 bits per heavy atom. The molecule has 0 unspecified atom stereocenters. The Morgan fingerprint density at radius 3 is 2.21 bits per heavy atom. The maximum absolute atomic E-state index is 6.10. The van der Waals surface area contributed by atoms with Crippen molar-refractivity contribution < 1.29 is 14.0 Å². The van der Waals surface area contributed by atoms with Crippen LogP contribution in [0.2, 0.25) is 0 Å². The molecule has 0 bridgehead atoms. The third-order valence-electron chi connectivity index (χ3n) is 4.89. The zero-order valence-electron chi connectivity index (χ0n) is 14.9. The first kappa shape index (κ1) is 17.1. The number of rotatable bonds is 5. The molecule has 126 valence electrons. The van der Waals surface area contributed by atoms with Crippen molar-refractivity contribution in [2.75, 3.05) is 6.61 Å². The molecule has 1 fully saturated rings. The fourth-order valence-electron chi connectivity index (χ4n) is 2.66. The average Bonchev–Trinajstić information content (AvgIpc) is 2.77. The van der Waals surface area contributed by atoms with Gasteiger partial charge in [-0.2, -0.15) is 0 Å². The van der Waals surface area contributed by atoms with Gasteiger partial charge in [0.05, 0.1) is 17.8 Å². The highest BCUT2D eigenvalue weighted by atomic mass is 16.7. The monoisotopic (exact) mass is 324 g/mol. The van der Waals surface area contributed by atoms with Crippen LogP contribution in [0.25, 0.3) is 0 Å². The molecule has 0 atom stereocenters. The van der Waals surface area contributed by atoms with E-state index in [9.17, 15) is 0 Å². The molecule has 0 aliphatic carbocycles. The van der Waals surface area contributed by atoms with Gasteiger partial charge in [-0.3, -0.25) is 0 Å². The summed E-state index contributed by atoms with van der Waals surface area (Å²) in [5.41, 5.74) is 1.61. The third-order valence-corrected chi connectivity index (χ3v) is 4.89. The van der Waals surface area contributed by atoms with Gasteiger partial charge in [-0.15, -0.1) is 0 Å². The minimum Gasteiger partial charge on any atom is -0.493 e. The van der Waals surface area contributed by atoms with Crippen LogP contribution in [0.4, 0.5) is 0 Å². The molecular formula is C20H25BO3. The van der Waals surface area contributed by atoms with Crippen molar-refractivity contribution in [3.05, 3.63) is 60.2 Å². The Labute approximate surface area is 145 Å². The van der Waals surface area contributed by atoms with Crippen LogP contribution in [-0.4, -0.2) is 24.9 Å². The van der Waals surface area contributed by atoms with E-state index in [1.54, 1.807) is 0 Å². The number of hydrogen-bond donors (Lipinski definition) is 0. The molecule has 3 rings (SSSR count). The number of ether oxygens (including phenoxy) is 1. The van der Waals surface area contributed by atoms with Crippen molar-refractivity contribution in [3.63, 3.8) is 0 Å². The SMILES string of the molecule is CC1(C)OB(c2cccc(OCCc3ccccc3)c2)OC1(C)C. The third kappa shape index (κ3) is 3.65. The summed E-state index contributed by atoms with van der Waals surface area (Å²) in [7, 11) is -0.354. The zero-order valence-corrected chi connectivity index (χ0v) is 14.9. The van der Waals surface area contributed by atoms with Gasteiger partial charge in [-0.05, 0) is 50.9 Å². The van der Waals surface area contributed by atoms with Gasteiger partial charge in [0, 0.05) is 6.42 Å². The van der Waals surface area contributed by atoms with Crippen molar-refractivity contribution >= 4 is 12.6 Å². The van der Waals surface area contributed by atoms with E-state index >= 15 is 0 Å². The lowest BCUT2D eigenvalue weighted by molar-refractivity contribution is 0.00578. The highest BCUT2D eigenvalue weighted by Crippen LogP contribution is 2.36. The van der Waals surface area contributed by atoms with Crippen LogP contribution in [-0.2, 0) is 15.7 Å². The highest BCUT2D eigenvalue weighted by molar-refractivity contribution is 6.62. The van der Waals surface area contributed by atoms with Gasteiger partial charge in [0.25, 0.3) is 0 Å². The highest BCUT2D eigenvalue weighted by Gasteiger charge is 2.51. The molecule has 2 aromatic carbocycles. The molecule has 0 amide bonds. The molecule has 1 aliphatic heterocycles. The van der Waals surface area contributed by atoms with Crippen molar-refractivity contribution in [3.8, 4) is 5.75 Å². The summed E-state index contributed by atoms with van der Waals surface area (Å²) in [6.45, 7) is 8.90. The van der Waals surface area contributed by atoms with Gasteiger partial charge in [0.1, 0.15) is 5.75 Å². The predicted molar refractivity (Wildman–Crippen MR) is 97.8 cm³/mol. The Morgan fingerprint density at radius 1 is 0.875 bits per heavy atom. The van der Waals surface area contributed by atoms with Gasteiger partial charge < -0.3 is 14.0 Å². The normalized spacial score (nSPS) is 18.6. The topological polar surface area (TPSA) is 27.7 Å². The molecule has 0 saturated carbocycles. The first-order valence-electron chi connectivity index (χ1n) is 8.50. The Kier molecular flexibility index (Phi) is 4.70. The van der Waals surface area contributed by atoms with Gasteiger partial charge in [-0.25, -0.2) is 0 Å². The van der Waals surface area contributed by atoms with Gasteiger partial charge >= 0.3 is 7.12 Å². The summed E-state index contributed by atoms with van der Waals surface area (Å²) in [5, 5.41) is 0. The summed E-state index contributed by atoms with van der Waals surface area (Å²) in [4.78, 5) is 0. The molecule has 2 aromatic rings.